The standard InChI is InChI=1S/C31H58NO6P/c1-5-6-7-8-9-10-11-12-13-14-15-16-17-21-25-35-28-31(36-27-30-22-19-18-20-23-30)29-38-39(33,34)37-26-24-32(2,3)4/h18-20,22-23,31H,5-17,21,24-29H2,1-4H3/p+1/t31-/m1/s1. The summed E-state index contributed by atoms with van der Waals surface area (Å²) < 4.78 is 35.2. The predicted octanol–water partition coefficient (Wildman–Crippen LogP) is 7.91. The molecule has 0 saturated carbocycles. The fraction of sp³-hybridized carbons (Fsp3) is 0.806. The zero-order valence-electron chi connectivity index (χ0n) is 25.5. The Balaban J connectivity index is 2.18. The number of unbranched alkanes of at least 4 members (excludes halogenated alkanes) is 13. The summed E-state index contributed by atoms with van der Waals surface area (Å²) >= 11 is 0. The van der Waals surface area contributed by atoms with Gasteiger partial charge in [-0.05, 0) is 12.0 Å². The molecule has 0 radical (unpaired) electrons. The van der Waals surface area contributed by atoms with Crippen LogP contribution in [0.2, 0.25) is 0 Å². The van der Waals surface area contributed by atoms with Gasteiger partial charge in [-0.25, -0.2) is 4.57 Å². The van der Waals surface area contributed by atoms with Gasteiger partial charge in [0.05, 0.1) is 41.0 Å². The molecule has 0 spiro atoms. The number of likely N-dealkylation sites (N-methyl/N-ethyl adjacent to an activating group) is 1. The van der Waals surface area contributed by atoms with Crippen molar-refractivity contribution in [1.29, 1.82) is 0 Å². The van der Waals surface area contributed by atoms with E-state index in [1.54, 1.807) is 0 Å². The van der Waals surface area contributed by atoms with Crippen LogP contribution in [0.1, 0.15) is 102 Å². The molecule has 0 bridgehead atoms. The van der Waals surface area contributed by atoms with Gasteiger partial charge in [-0.1, -0.05) is 121 Å². The molecule has 0 aliphatic carbocycles. The van der Waals surface area contributed by atoms with Crippen LogP contribution >= 0.6 is 7.82 Å². The van der Waals surface area contributed by atoms with E-state index >= 15 is 0 Å². The third kappa shape index (κ3) is 23.6. The fourth-order valence-electron chi connectivity index (χ4n) is 4.19. The van der Waals surface area contributed by atoms with Crippen molar-refractivity contribution in [2.75, 3.05) is 54.1 Å². The van der Waals surface area contributed by atoms with E-state index in [1.807, 2.05) is 51.5 Å². The topological polar surface area (TPSA) is 74.2 Å². The Hall–Kier alpha value is -0.790. The average molecular weight is 573 g/mol. The summed E-state index contributed by atoms with van der Waals surface area (Å²) in [5.41, 5.74) is 1.03. The number of quaternary nitrogens is 1. The highest BCUT2D eigenvalue weighted by Gasteiger charge is 2.25. The van der Waals surface area contributed by atoms with Crippen LogP contribution in [0.4, 0.5) is 0 Å². The Labute approximate surface area is 239 Å². The Morgan fingerprint density at radius 3 is 1.82 bits per heavy atom. The Kier molecular flexibility index (Phi) is 21.2. The van der Waals surface area contributed by atoms with Crippen molar-refractivity contribution in [3.05, 3.63) is 35.9 Å². The molecule has 8 heteroatoms. The van der Waals surface area contributed by atoms with Gasteiger partial charge >= 0.3 is 7.82 Å². The van der Waals surface area contributed by atoms with Gasteiger partial charge in [-0.15, -0.1) is 0 Å². The average Bonchev–Trinajstić information content (AvgIpc) is 2.89. The van der Waals surface area contributed by atoms with Crippen LogP contribution in [0, 0.1) is 0 Å². The molecule has 1 aromatic carbocycles. The van der Waals surface area contributed by atoms with Crippen LogP contribution in [-0.2, 0) is 29.7 Å². The summed E-state index contributed by atoms with van der Waals surface area (Å²) in [4.78, 5) is 10.1. The SMILES string of the molecule is CCCCCCCCCCCCCCCCOC[C@H](COP(=O)(O)OCC[N+](C)(C)C)OCc1ccccc1. The Morgan fingerprint density at radius 2 is 1.28 bits per heavy atom. The molecule has 39 heavy (non-hydrogen) atoms. The van der Waals surface area contributed by atoms with Crippen molar-refractivity contribution >= 4 is 7.82 Å². The van der Waals surface area contributed by atoms with E-state index in [-0.39, 0.29) is 13.2 Å². The van der Waals surface area contributed by atoms with Crippen molar-refractivity contribution in [3.63, 3.8) is 0 Å². The molecular formula is C31H59NO6P+. The van der Waals surface area contributed by atoms with E-state index in [2.05, 4.69) is 6.92 Å². The highest BCUT2D eigenvalue weighted by atomic mass is 31.2. The molecule has 228 valence electrons. The third-order valence-corrected chi connectivity index (χ3v) is 7.70. The van der Waals surface area contributed by atoms with E-state index in [0.717, 1.165) is 18.4 Å². The second-order valence-corrected chi connectivity index (χ2v) is 13.2. The summed E-state index contributed by atoms with van der Waals surface area (Å²) in [5.74, 6) is 0. The predicted molar refractivity (Wildman–Crippen MR) is 161 cm³/mol. The first-order chi connectivity index (χ1) is 18.7. The Morgan fingerprint density at radius 1 is 0.744 bits per heavy atom. The minimum Gasteiger partial charge on any atom is -0.379 e. The van der Waals surface area contributed by atoms with Crippen LogP contribution in [0.5, 0.6) is 0 Å². The van der Waals surface area contributed by atoms with Crippen molar-refractivity contribution in [3.8, 4) is 0 Å². The van der Waals surface area contributed by atoms with E-state index in [9.17, 15) is 9.46 Å². The molecule has 0 aromatic heterocycles. The molecule has 0 saturated heterocycles. The number of rotatable bonds is 27. The maximum absolute atomic E-state index is 12.3. The van der Waals surface area contributed by atoms with E-state index in [4.69, 9.17) is 18.5 Å². The number of hydrogen-bond donors (Lipinski definition) is 1. The van der Waals surface area contributed by atoms with Gasteiger partial charge < -0.3 is 18.9 Å². The molecule has 0 heterocycles. The molecule has 0 aliphatic heterocycles. The lowest BCUT2D eigenvalue weighted by Crippen LogP contribution is -2.37. The summed E-state index contributed by atoms with van der Waals surface area (Å²) in [6, 6.07) is 9.84. The molecule has 1 rings (SSSR count). The maximum atomic E-state index is 12.3. The summed E-state index contributed by atoms with van der Waals surface area (Å²) in [6.07, 6.45) is 18.1. The molecular weight excluding hydrogens is 513 g/mol. The molecule has 2 atom stereocenters. The van der Waals surface area contributed by atoms with E-state index in [1.165, 1.54) is 77.0 Å². The van der Waals surface area contributed by atoms with Crippen LogP contribution in [0.25, 0.3) is 0 Å². The first-order valence-corrected chi connectivity index (χ1v) is 16.9. The van der Waals surface area contributed by atoms with Gasteiger partial charge in [0, 0.05) is 6.61 Å². The minimum absolute atomic E-state index is 0.0657. The summed E-state index contributed by atoms with van der Waals surface area (Å²) in [6.45, 7) is 4.29. The van der Waals surface area contributed by atoms with Gasteiger partial charge in [0.15, 0.2) is 0 Å². The highest BCUT2D eigenvalue weighted by Crippen LogP contribution is 2.43. The number of nitrogens with zero attached hydrogens (tertiary/aromatic N) is 1. The molecule has 0 fully saturated rings. The lowest BCUT2D eigenvalue weighted by atomic mass is 10.0. The Bertz CT molecular complexity index is 728. The van der Waals surface area contributed by atoms with Gasteiger partial charge in [-0.3, -0.25) is 9.05 Å². The minimum atomic E-state index is -4.15. The summed E-state index contributed by atoms with van der Waals surface area (Å²) in [7, 11) is 1.84. The second-order valence-electron chi connectivity index (χ2n) is 11.7. The van der Waals surface area contributed by atoms with Gasteiger partial charge in [0.2, 0.25) is 0 Å². The molecule has 0 aliphatic rings. The molecule has 1 N–H and O–H groups in total. The number of hydrogen-bond acceptors (Lipinski definition) is 5. The van der Waals surface area contributed by atoms with Gasteiger partial charge in [0.1, 0.15) is 19.3 Å². The van der Waals surface area contributed by atoms with Crippen molar-refractivity contribution < 1.29 is 32.5 Å². The molecule has 1 aromatic rings. The van der Waals surface area contributed by atoms with Gasteiger partial charge in [0.25, 0.3) is 0 Å². The van der Waals surface area contributed by atoms with Crippen molar-refractivity contribution in [1.82, 2.24) is 0 Å². The molecule has 1 unspecified atom stereocenters. The lowest BCUT2D eigenvalue weighted by molar-refractivity contribution is -0.870. The van der Waals surface area contributed by atoms with Crippen LogP contribution in [0.3, 0.4) is 0 Å². The van der Waals surface area contributed by atoms with E-state index in [0.29, 0.717) is 30.8 Å². The normalized spacial score (nSPS) is 14.4. The number of ether oxygens (including phenoxy) is 2. The quantitative estimate of drug-likeness (QED) is 0.0656. The summed E-state index contributed by atoms with van der Waals surface area (Å²) in [5, 5.41) is 0. The zero-order valence-corrected chi connectivity index (χ0v) is 26.4. The third-order valence-electron chi connectivity index (χ3n) is 6.71. The molecule has 0 amide bonds. The maximum Gasteiger partial charge on any atom is 0.472 e. The van der Waals surface area contributed by atoms with Crippen LogP contribution in [-0.4, -0.2) is 69.6 Å². The van der Waals surface area contributed by atoms with Crippen LogP contribution < -0.4 is 0 Å². The lowest BCUT2D eigenvalue weighted by Gasteiger charge is -2.24. The number of benzene rings is 1. The fourth-order valence-corrected chi connectivity index (χ4v) is 4.93. The van der Waals surface area contributed by atoms with Crippen molar-refractivity contribution in [2.45, 2.75) is 110 Å². The number of phosphoric acid groups is 1. The van der Waals surface area contributed by atoms with Crippen molar-refractivity contribution in [2.24, 2.45) is 0 Å². The van der Waals surface area contributed by atoms with Gasteiger partial charge in [-0.2, -0.15) is 0 Å². The smallest absolute Gasteiger partial charge is 0.379 e. The first-order valence-electron chi connectivity index (χ1n) is 15.4. The largest absolute Gasteiger partial charge is 0.472 e. The number of phosphoric ester groups is 1. The zero-order chi connectivity index (χ0) is 28.7. The van der Waals surface area contributed by atoms with E-state index < -0.39 is 13.9 Å². The second kappa shape index (κ2) is 22.8. The highest BCUT2D eigenvalue weighted by molar-refractivity contribution is 7.47. The van der Waals surface area contributed by atoms with Crippen LogP contribution in [0.15, 0.2) is 30.3 Å². The monoisotopic (exact) mass is 572 g/mol. The first kappa shape index (κ1) is 36.2. The molecule has 7 nitrogen and oxygen atoms in total.